The maximum Gasteiger partial charge on any atom is 0.322 e. The molecule has 2 amide bonds. The Balaban J connectivity index is 1.64. The Morgan fingerprint density at radius 1 is 1.25 bits per heavy atom. The highest BCUT2D eigenvalue weighted by Crippen LogP contribution is 2.28. The molecule has 0 unspecified atom stereocenters. The zero-order valence-corrected chi connectivity index (χ0v) is 14.2. The number of hydrogen-bond acceptors (Lipinski definition) is 3. The Labute approximate surface area is 144 Å². The van der Waals surface area contributed by atoms with E-state index in [0.717, 1.165) is 31.6 Å². The standard InChI is InChI=1S/C19H26N4O/c20-11-6-14-23(17-9-10-17)19(24)21-16-7-5-8-18(15-16)22-12-3-1-2-4-13-22/h5,7-8,15,17H,1-4,6,9-10,12-14H2,(H,21,24). The van der Waals surface area contributed by atoms with Crippen molar-refractivity contribution in [1.82, 2.24) is 4.90 Å². The monoisotopic (exact) mass is 326 g/mol. The van der Waals surface area contributed by atoms with Crippen molar-refractivity contribution in [3.8, 4) is 6.07 Å². The van der Waals surface area contributed by atoms with E-state index < -0.39 is 0 Å². The van der Waals surface area contributed by atoms with Crippen LogP contribution < -0.4 is 10.2 Å². The molecule has 0 spiro atoms. The second-order valence-corrected chi connectivity index (χ2v) is 6.71. The second kappa shape index (κ2) is 8.05. The van der Waals surface area contributed by atoms with E-state index in [1.165, 1.54) is 31.4 Å². The first-order valence-electron chi connectivity index (χ1n) is 9.07. The van der Waals surface area contributed by atoms with Gasteiger partial charge in [-0.1, -0.05) is 18.9 Å². The first-order chi connectivity index (χ1) is 11.8. The summed E-state index contributed by atoms with van der Waals surface area (Å²) >= 11 is 0. The number of nitrogens with zero attached hydrogens (tertiary/aromatic N) is 3. The highest BCUT2D eigenvalue weighted by atomic mass is 16.2. The van der Waals surface area contributed by atoms with Gasteiger partial charge in [-0.25, -0.2) is 4.79 Å². The molecule has 1 aliphatic heterocycles. The van der Waals surface area contributed by atoms with Gasteiger partial charge in [0.2, 0.25) is 0 Å². The maximum atomic E-state index is 12.5. The fraction of sp³-hybridized carbons (Fsp3) is 0.579. The van der Waals surface area contributed by atoms with Crippen molar-refractivity contribution >= 4 is 17.4 Å². The molecule has 1 aromatic rings. The summed E-state index contributed by atoms with van der Waals surface area (Å²) in [5, 5.41) is 11.8. The number of carbonyl (C=O) groups excluding carboxylic acids is 1. The highest BCUT2D eigenvalue weighted by molar-refractivity contribution is 5.90. The van der Waals surface area contributed by atoms with Gasteiger partial charge in [0.25, 0.3) is 0 Å². The van der Waals surface area contributed by atoms with E-state index in [4.69, 9.17) is 5.26 Å². The van der Waals surface area contributed by atoms with E-state index >= 15 is 0 Å². The van der Waals surface area contributed by atoms with Crippen molar-refractivity contribution in [1.29, 1.82) is 5.26 Å². The van der Waals surface area contributed by atoms with Crippen LogP contribution in [0.1, 0.15) is 44.9 Å². The number of benzene rings is 1. The van der Waals surface area contributed by atoms with Crippen molar-refractivity contribution in [2.45, 2.75) is 51.0 Å². The Morgan fingerprint density at radius 2 is 2.00 bits per heavy atom. The van der Waals surface area contributed by atoms with Crippen LogP contribution in [0.25, 0.3) is 0 Å². The molecule has 3 rings (SSSR count). The van der Waals surface area contributed by atoms with Gasteiger partial charge >= 0.3 is 6.03 Å². The number of amides is 2. The summed E-state index contributed by atoms with van der Waals surface area (Å²) in [6.07, 6.45) is 7.57. The number of hydrogen-bond donors (Lipinski definition) is 1. The lowest BCUT2D eigenvalue weighted by atomic mass is 10.2. The molecule has 0 atom stereocenters. The predicted molar refractivity (Wildman–Crippen MR) is 96.1 cm³/mol. The van der Waals surface area contributed by atoms with Crippen LogP contribution in [0.2, 0.25) is 0 Å². The molecule has 1 N–H and O–H groups in total. The van der Waals surface area contributed by atoms with E-state index in [1.54, 1.807) is 0 Å². The number of rotatable bonds is 5. The number of anilines is 2. The summed E-state index contributed by atoms with van der Waals surface area (Å²) in [7, 11) is 0. The molecule has 1 heterocycles. The summed E-state index contributed by atoms with van der Waals surface area (Å²) in [5.74, 6) is 0. The van der Waals surface area contributed by atoms with Crippen molar-refractivity contribution in [3.63, 3.8) is 0 Å². The van der Waals surface area contributed by atoms with Gasteiger partial charge in [-0.2, -0.15) is 5.26 Å². The zero-order valence-electron chi connectivity index (χ0n) is 14.2. The zero-order chi connectivity index (χ0) is 16.8. The topological polar surface area (TPSA) is 59.4 Å². The summed E-state index contributed by atoms with van der Waals surface area (Å²) in [4.78, 5) is 16.8. The summed E-state index contributed by atoms with van der Waals surface area (Å²) in [5.41, 5.74) is 2.02. The largest absolute Gasteiger partial charge is 0.371 e. The van der Waals surface area contributed by atoms with Gasteiger partial charge in [0.15, 0.2) is 0 Å². The van der Waals surface area contributed by atoms with E-state index in [1.807, 2.05) is 17.0 Å². The quantitative estimate of drug-likeness (QED) is 0.890. The van der Waals surface area contributed by atoms with Crippen LogP contribution in [0.3, 0.4) is 0 Å². The van der Waals surface area contributed by atoms with Gasteiger partial charge in [-0.15, -0.1) is 0 Å². The third-order valence-electron chi connectivity index (χ3n) is 4.78. The van der Waals surface area contributed by atoms with Crippen LogP contribution in [0.4, 0.5) is 16.2 Å². The molecule has 5 heteroatoms. The van der Waals surface area contributed by atoms with Crippen molar-refractivity contribution in [2.75, 3.05) is 29.9 Å². The molecule has 2 aliphatic rings. The molecule has 1 saturated carbocycles. The smallest absolute Gasteiger partial charge is 0.322 e. The van der Waals surface area contributed by atoms with Crippen molar-refractivity contribution < 1.29 is 4.79 Å². The van der Waals surface area contributed by atoms with Crippen molar-refractivity contribution in [3.05, 3.63) is 24.3 Å². The first kappa shape index (κ1) is 16.6. The maximum absolute atomic E-state index is 12.5. The van der Waals surface area contributed by atoms with E-state index in [2.05, 4.69) is 28.4 Å². The molecular formula is C19H26N4O. The number of nitrogens with one attached hydrogen (secondary N) is 1. The molecule has 2 fully saturated rings. The Kier molecular flexibility index (Phi) is 5.58. The molecule has 0 radical (unpaired) electrons. The van der Waals surface area contributed by atoms with Crippen LogP contribution in [-0.2, 0) is 0 Å². The molecule has 128 valence electrons. The third-order valence-corrected chi connectivity index (χ3v) is 4.78. The van der Waals surface area contributed by atoms with Gasteiger partial charge in [0.05, 0.1) is 12.5 Å². The second-order valence-electron chi connectivity index (χ2n) is 6.71. The van der Waals surface area contributed by atoms with Gasteiger partial charge in [0.1, 0.15) is 0 Å². The molecule has 0 aromatic heterocycles. The molecule has 0 bridgehead atoms. The SMILES string of the molecule is N#CCCN(C(=O)Nc1cccc(N2CCCCCC2)c1)C1CC1. The summed E-state index contributed by atoms with van der Waals surface area (Å²) < 4.78 is 0. The minimum Gasteiger partial charge on any atom is -0.371 e. The van der Waals surface area contributed by atoms with Crippen molar-refractivity contribution in [2.24, 2.45) is 0 Å². The minimum absolute atomic E-state index is 0.0826. The highest BCUT2D eigenvalue weighted by Gasteiger charge is 2.32. The van der Waals surface area contributed by atoms with Crippen LogP contribution in [0, 0.1) is 11.3 Å². The van der Waals surface area contributed by atoms with Gasteiger partial charge in [-0.3, -0.25) is 0 Å². The predicted octanol–water partition coefficient (Wildman–Crippen LogP) is 3.98. The molecule has 5 nitrogen and oxygen atoms in total. The van der Waals surface area contributed by atoms with Gasteiger partial charge < -0.3 is 15.1 Å². The normalized spacial score (nSPS) is 17.7. The van der Waals surface area contributed by atoms with Crippen LogP contribution in [0.15, 0.2) is 24.3 Å². The Hall–Kier alpha value is -2.22. The average Bonchev–Trinajstić information content (AvgIpc) is 3.42. The molecule has 1 aromatic carbocycles. The summed E-state index contributed by atoms with van der Waals surface area (Å²) in [6, 6.07) is 10.5. The third kappa shape index (κ3) is 4.41. The van der Waals surface area contributed by atoms with Crippen LogP contribution >= 0.6 is 0 Å². The number of nitriles is 1. The van der Waals surface area contributed by atoms with E-state index in [-0.39, 0.29) is 6.03 Å². The Bertz CT molecular complexity index is 598. The van der Waals surface area contributed by atoms with Gasteiger partial charge in [0, 0.05) is 37.1 Å². The number of carbonyl (C=O) groups is 1. The van der Waals surface area contributed by atoms with E-state index in [9.17, 15) is 4.79 Å². The lowest BCUT2D eigenvalue weighted by Gasteiger charge is -2.24. The molecule has 24 heavy (non-hydrogen) atoms. The van der Waals surface area contributed by atoms with Crippen LogP contribution in [0.5, 0.6) is 0 Å². The van der Waals surface area contributed by atoms with Crippen LogP contribution in [-0.4, -0.2) is 36.6 Å². The van der Waals surface area contributed by atoms with E-state index in [0.29, 0.717) is 19.0 Å². The van der Waals surface area contributed by atoms with Gasteiger partial charge in [-0.05, 0) is 43.9 Å². The minimum atomic E-state index is -0.0826. The number of urea groups is 1. The average molecular weight is 326 g/mol. The lowest BCUT2D eigenvalue weighted by molar-refractivity contribution is 0.210. The first-order valence-corrected chi connectivity index (χ1v) is 9.07. The fourth-order valence-electron chi connectivity index (χ4n) is 3.31. The molecule has 1 aliphatic carbocycles. The lowest BCUT2D eigenvalue weighted by Crippen LogP contribution is -2.37. The fourth-order valence-corrected chi connectivity index (χ4v) is 3.31. The molecule has 1 saturated heterocycles. The Morgan fingerprint density at radius 3 is 2.67 bits per heavy atom. The molecular weight excluding hydrogens is 300 g/mol. The summed E-state index contributed by atoms with van der Waals surface area (Å²) in [6.45, 7) is 2.69.